The van der Waals surface area contributed by atoms with Crippen LogP contribution in [-0.4, -0.2) is 36.1 Å². The summed E-state index contributed by atoms with van der Waals surface area (Å²) < 4.78 is 31.4. The summed E-state index contributed by atoms with van der Waals surface area (Å²) in [6.07, 6.45) is 0. The van der Waals surface area contributed by atoms with E-state index >= 15 is 0 Å². The molecule has 0 saturated heterocycles. The van der Waals surface area contributed by atoms with E-state index in [0.29, 0.717) is 5.95 Å². The van der Waals surface area contributed by atoms with E-state index in [2.05, 4.69) is 20.3 Å². The van der Waals surface area contributed by atoms with E-state index in [1.165, 1.54) is 0 Å². The van der Waals surface area contributed by atoms with Crippen LogP contribution in [0.4, 0.5) is 20.7 Å². The van der Waals surface area contributed by atoms with Crippen LogP contribution in [0.3, 0.4) is 0 Å². The van der Waals surface area contributed by atoms with Crippen molar-refractivity contribution in [3.05, 3.63) is 29.8 Å². The average Bonchev–Trinajstić information content (AvgIpc) is 2.36. The van der Waals surface area contributed by atoms with Gasteiger partial charge in [-0.2, -0.15) is 15.0 Å². The third-order valence-electron chi connectivity index (χ3n) is 2.27. The number of anilines is 2. The van der Waals surface area contributed by atoms with Gasteiger partial charge < -0.3 is 15.0 Å². The second-order valence-corrected chi connectivity index (χ2v) is 4.09. The van der Waals surface area contributed by atoms with E-state index in [1.54, 1.807) is 26.0 Å². The summed E-state index contributed by atoms with van der Waals surface area (Å²) in [4.78, 5) is 13.7. The lowest BCUT2D eigenvalue weighted by atomic mass is 10.3. The number of benzene rings is 1. The molecule has 0 bridgehead atoms. The van der Waals surface area contributed by atoms with Crippen molar-refractivity contribution in [3.8, 4) is 11.8 Å². The highest BCUT2D eigenvalue weighted by Crippen LogP contribution is 2.22. The summed E-state index contributed by atoms with van der Waals surface area (Å²) in [5, 5.41) is 2.75. The average molecular weight is 281 g/mol. The van der Waals surface area contributed by atoms with Crippen molar-refractivity contribution in [2.75, 3.05) is 31.4 Å². The van der Waals surface area contributed by atoms with Crippen molar-refractivity contribution in [2.45, 2.75) is 0 Å². The molecule has 2 rings (SSSR count). The van der Waals surface area contributed by atoms with Crippen molar-refractivity contribution in [1.82, 2.24) is 15.0 Å². The molecule has 0 unspecified atom stereocenters. The predicted molar refractivity (Wildman–Crippen MR) is 70.1 cm³/mol. The standard InChI is InChI=1S/C12H13F2N5O/c1-15-10-16-11(19(2)3)18-12(17-10)20-9-5-7(13)4-8(14)6-9/h4-6H,1-3H3,(H,15,16,17,18). The minimum Gasteiger partial charge on any atom is -0.424 e. The number of aromatic nitrogens is 3. The number of nitrogens with one attached hydrogen (secondary N) is 1. The molecule has 2 aromatic rings. The van der Waals surface area contributed by atoms with Gasteiger partial charge >= 0.3 is 6.01 Å². The highest BCUT2D eigenvalue weighted by molar-refractivity contribution is 5.37. The van der Waals surface area contributed by atoms with Gasteiger partial charge in [0.05, 0.1) is 0 Å². The summed E-state index contributed by atoms with van der Waals surface area (Å²) in [7, 11) is 5.14. The smallest absolute Gasteiger partial charge is 0.328 e. The number of rotatable bonds is 4. The van der Waals surface area contributed by atoms with E-state index in [4.69, 9.17) is 4.74 Å². The molecule has 0 atom stereocenters. The summed E-state index contributed by atoms with van der Waals surface area (Å²) in [6, 6.07) is 2.78. The molecule has 6 nitrogen and oxygen atoms in total. The largest absolute Gasteiger partial charge is 0.424 e. The van der Waals surface area contributed by atoms with Crippen molar-refractivity contribution in [2.24, 2.45) is 0 Å². The molecule has 20 heavy (non-hydrogen) atoms. The summed E-state index contributed by atoms with van der Waals surface area (Å²) in [5.74, 6) is -0.862. The third-order valence-corrected chi connectivity index (χ3v) is 2.27. The number of hydrogen-bond acceptors (Lipinski definition) is 6. The Hall–Kier alpha value is -2.51. The Kier molecular flexibility index (Phi) is 3.92. The zero-order chi connectivity index (χ0) is 14.7. The summed E-state index contributed by atoms with van der Waals surface area (Å²) in [6.45, 7) is 0. The molecule has 0 aliphatic carbocycles. The van der Waals surface area contributed by atoms with Gasteiger partial charge in [0.2, 0.25) is 11.9 Å². The van der Waals surface area contributed by atoms with Crippen LogP contribution in [-0.2, 0) is 0 Å². The number of nitrogens with zero attached hydrogens (tertiary/aromatic N) is 4. The van der Waals surface area contributed by atoms with Gasteiger partial charge in [-0.15, -0.1) is 0 Å². The Balaban J connectivity index is 2.34. The fraction of sp³-hybridized carbons (Fsp3) is 0.250. The highest BCUT2D eigenvalue weighted by Gasteiger charge is 2.10. The van der Waals surface area contributed by atoms with Gasteiger partial charge in [0.15, 0.2) is 0 Å². The summed E-state index contributed by atoms with van der Waals surface area (Å²) in [5.41, 5.74) is 0. The minimum atomic E-state index is -0.740. The molecular formula is C12H13F2N5O. The van der Waals surface area contributed by atoms with Crippen LogP contribution in [0, 0.1) is 11.6 Å². The zero-order valence-electron chi connectivity index (χ0n) is 11.2. The lowest BCUT2D eigenvalue weighted by Crippen LogP contribution is -2.15. The topological polar surface area (TPSA) is 63.2 Å². The van der Waals surface area contributed by atoms with E-state index in [1.807, 2.05) is 0 Å². The van der Waals surface area contributed by atoms with Gasteiger partial charge in [-0.3, -0.25) is 0 Å². The molecule has 0 aliphatic rings. The Morgan fingerprint density at radius 2 is 1.70 bits per heavy atom. The van der Waals surface area contributed by atoms with E-state index in [0.717, 1.165) is 18.2 Å². The number of hydrogen-bond donors (Lipinski definition) is 1. The van der Waals surface area contributed by atoms with Crippen molar-refractivity contribution in [1.29, 1.82) is 0 Å². The third kappa shape index (κ3) is 3.28. The van der Waals surface area contributed by atoms with Gasteiger partial charge in [0.25, 0.3) is 0 Å². The van der Waals surface area contributed by atoms with Crippen LogP contribution >= 0.6 is 0 Å². The Bertz CT molecular complexity index is 601. The lowest BCUT2D eigenvalue weighted by Gasteiger charge is -2.12. The molecule has 0 amide bonds. The number of ether oxygens (including phenoxy) is 1. The molecule has 106 valence electrons. The Morgan fingerprint density at radius 1 is 1.05 bits per heavy atom. The second kappa shape index (κ2) is 5.64. The van der Waals surface area contributed by atoms with Gasteiger partial charge in [-0.05, 0) is 0 Å². The fourth-order valence-corrected chi connectivity index (χ4v) is 1.40. The maximum Gasteiger partial charge on any atom is 0.328 e. The normalized spacial score (nSPS) is 10.2. The molecular weight excluding hydrogens is 268 g/mol. The molecule has 0 fully saturated rings. The highest BCUT2D eigenvalue weighted by atomic mass is 19.1. The van der Waals surface area contributed by atoms with Crippen LogP contribution in [0.15, 0.2) is 18.2 Å². The maximum absolute atomic E-state index is 13.1. The Labute approximate surface area is 114 Å². The van der Waals surface area contributed by atoms with Crippen molar-refractivity contribution < 1.29 is 13.5 Å². The molecule has 0 saturated carbocycles. The lowest BCUT2D eigenvalue weighted by molar-refractivity contribution is 0.431. The zero-order valence-corrected chi connectivity index (χ0v) is 11.2. The first-order valence-electron chi connectivity index (χ1n) is 5.73. The minimum absolute atomic E-state index is 0.0274. The second-order valence-electron chi connectivity index (χ2n) is 4.09. The van der Waals surface area contributed by atoms with Gasteiger partial charge in [-0.25, -0.2) is 8.78 Å². The van der Waals surface area contributed by atoms with Crippen LogP contribution in [0.5, 0.6) is 11.8 Å². The predicted octanol–water partition coefficient (Wildman–Crippen LogP) is 2.05. The maximum atomic E-state index is 13.1. The first kappa shape index (κ1) is 13.9. The van der Waals surface area contributed by atoms with Crippen molar-refractivity contribution in [3.63, 3.8) is 0 Å². The van der Waals surface area contributed by atoms with Crippen LogP contribution < -0.4 is 15.0 Å². The quantitative estimate of drug-likeness (QED) is 0.925. The SMILES string of the molecule is CNc1nc(Oc2cc(F)cc(F)c2)nc(N(C)C)n1. The van der Waals surface area contributed by atoms with Crippen LogP contribution in [0.25, 0.3) is 0 Å². The molecule has 1 N–H and O–H groups in total. The molecule has 0 aliphatic heterocycles. The van der Waals surface area contributed by atoms with Crippen LogP contribution in [0.2, 0.25) is 0 Å². The van der Waals surface area contributed by atoms with Gasteiger partial charge in [-0.1, -0.05) is 0 Å². The molecule has 8 heteroatoms. The molecule has 1 heterocycles. The van der Waals surface area contributed by atoms with E-state index in [9.17, 15) is 8.78 Å². The van der Waals surface area contributed by atoms with Crippen molar-refractivity contribution >= 4 is 11.9 Å². The first-order valence-corrected chi connectivity index (χ1v) is 5.73. The van der Waals surface area contributed by atoms with Gasteiger partial charge in [0.1, 0.15) is 17.4 Å². The molecule has 1 aromatic carbocycles. The van der Waals surface area contributed by atoms with Gasteiger partial charge in [0, 0.05) is 39.3 Å². The Morgan fingerprint density at radius 3 is 2.25 bits per heavy atom. The number of halogens is 2. The molecule has 0 spiro atoms. The molecule has 0 radical (unpaired) electrons. The van der Waals surface area contributed by atoms with E-state index in [-0.39, 0.29) is 17.7 Å². The monoisotopic (exact) mass is 281 g/mol. The van der Waals surface area contributed by atoms with E-state index < -0.39 is 11.6 Å². The fourth-order valence-electron chi connectivity index (χ4n) is 1.40. The summed E-state index contributed by atoms with van der Waals surface area (Å²) >= 11 is 0. The van der Waals surface area contributed by atoms with Crippen LogP contribution in [0.1, 0.15) is 0 Å². The molecule has 1 aromatic heterocycles. The first-order chi connectivity index (χ1) is 9.47.